The summed E-state index contributed by atoms with van der Waals surface area (Å²) in [5.74, 6) is 0.184. The molecule has 0 spiro atoms. The van der Waals surface area contributed by atoms with Crippen LogP contribution in [-0.2, 0) is 16.0 Å². The summed E-state index contributed by atoms with van der Waals surface area (Å²) in [5.41, 5.74) is 1.30. The van der Waals surface area contributed by atoms with E-state index in [9.17, 15) is 9.90 Å². The van der Waals surface area contributed by atoms with Gasteiger partial charge in [-0.25, -0.2) is 0 Å². The Kier molecular flexibility index (Phi) is 5.15. The number of aliphatic hydroxyl groups excluding tert-OH is 1. The molecule has 1 heterocycles. The van der Waals surface area contributed by atoms with E-state index in [2.05, 4.69) is 19.1 Å². The molecule has 0 saturated carbocycles. The van der Waals surface area contributed by atoms with Crippen LogP contribution < -0.4 is 0 Å². The number of ether oxygens (including phenoxy) is 1. The van der Waals surface area contributed by atoms with Crippen molar-refractivity contribution in [3.05, 3.63) is 35.9 Å². The molecule has 3 unspecified atom stereocenters. The van der Waals surface area contributed by atoms with Crippen molar-refractivity contribution in [2.45, 2.75) is 31.9 Å². The zero-order chi connectivity index (χ0) is 14.5. The summed E-state index contributed by atoms with van der Waals surface area (Å²) in [7, 11) is 1.40. The van der Waals surface area contributed by atoms with E-state index in [0.717, 1.165) is 13.0 Å². The van der Waals surface area contributed by atoms with Gasteiger partial charge in [0.15, 0.2) is 0 Å². The molecule has 1 aromatic carbocycles. The molecule has 0 bridgehead atoms. The average molecular weight is 277 g/mol. The van der Waals surface area contributed by atoms with Crippen molar-refractivity contribution in [2.24, 2.45) is 5.92 Å². The minimum Gasteiger partial charge on any atom is -0.468 e. The highest BCUT2D eigenvalue weighted by atomic mass is 16.5. The van der Waals surface area contributed by atoms with Crippen molar-refractivity contribution in [1.29, 1.82) is 0 Å². The SMILES string of the molecule is COC(=O)C1CC(O)CN1CC(C)Cc1ccccc1. The Morgan fingerprint density at radius 1 is 1.45 bits per heavy atom. The Bertz CT molecular complexity index is 435. The largest absolute Gasteiger partial charge is 0.468 e. The van der Waals surface area contributed by atoms with Crippen molar-refractivity contribution >= 4 is 5.97 Å². The third-order valence-electron chi connectivity index (χ3n) is 3.83. The fourth-order valence-electron chi connectivity index (χ4n) is 2.94. The monoisotopic (exact) mass is 277 g/mol. The van der Waals surface area contributed by atoms with Gasteiger partial charge in [0.1, 0.15) is 6.04 Å². The molecule has 20 heavy (non-hydrogen) atoms. The molecule has 3 atom stereocenters. The van der Waals surface area contributed by atoms with E-state index in [1.807, 2.05) is 23.1 Å². The first-order valence-corrected chi connectivity index (χ1v) is 7.14. The number of β-amino-alcohol motifs (C(OH)–C–C–N with tert-alkyl or cyclic N) is 1. The van der Waals surface area contributed by atoms with Gasteiger partial charge in [0.05, 0.1) is 13.2 Å². The van der Waals surface area contributed by atoms with Crippen LogP contribution in [-0.4, -0.2) is 48.3 Å². The number of benzene rings is 1. The molecule has 1 aliphatic heterocycles. The van der Waals surface area contributed by atoms with Crippen LogP contribution in [0.1, 0.15) is 18.9 Å². The lowest BCUT2D eigenvalue weighted by Crippen LogP contribution is -2.39. The molecule has 0 aliphatic carbocycles. The van der Waals surface area contributed by atoms with E-state index in [1.54, 1.807) is 0 Å². The van der Waals surface area contributed by atoms with E-state index in [4.69, 9.17) is 4.74 Å². The molecule has 4 nitrogen and oxygen atoms in total. The van der Waals surface area contributed by atoms with Gasteiger partial charge in [-0.05, 0) is 17.9 Å². The molecule has 0 aromatic heterocycles. The van der Waals surface area contributed by atoms with Gasteiger partial charge >= 0.3 is 5.97 Å². The Morgan fingerprint density at radius 3 is 2.80 bits per heavy atom. The van der Waals surface area contributed by atoms with E-state index < -0.39 is 6.10 Å². The molecule has 1 fully saturated rings. The average Bonchev–Trinajstić information content (AvgIpc) is 2.79. The van der Waals surface area contributed by atoms with E-state index in [0.29, 0.717) is 18.9 Å². The molecule has 0 radical (unpaired) electrons. The van der Waals surface area contributed by atoms with Gasteiger partial charge in [0, 0.05) is 19.5 Å². The second-order valence-corrected chi connectivity index (χ2v) is 5.68. The predicted molar refractivity (Wildman–Crippen MR) is 77.3 cm³/mol. The summed E-state index contributed by atoms with van der Waals surface area (Å²) in [5, 5.41) is 9.77. The quantitative estimate of drug-likeness (QED) is 0.828. The first kappa shape index (κ1) is 15.0. The number of rotatable bonds is 5. The Morgan fingerprint density at radius 2 is 2.15 bits per heavy atom. The van der Waals surface area contributed by atoms with Crippen molar-refractivity contribution in [1.82, 2.24) is 4.90 Å². The van der Waals surface area contributed by atoms with Crippen LogP contribution in [0.5, 0.6) is 0 Å². The highest BCUT2D eigenvalue weighted by molar-refractivity contribution is 5.76. The Hall–Kier alpha value is -1.39. The summed E-state index contributed by atoms with van der Waals surface area (Å²) < 4.78 is 4.82. The van der Waals surface area contributed by atoms with Gasteiger partial charge in [-0.1, -0.05) is 37.3 Å². The number of carbonyl (C=O) groups is 1. The molecule has 0 amide bonds. The lowest BCUT2D eigenvalue weighted by atomic mass is 10.0. The van der Waals surface area contributed by atoms with Crippen LogP contribution in [0.4, 0.5) is 0 Å². The van der Waals surface area contributed by atoms with Crippen LogP contribution in [0.3, 0.4) is 0 Å². The number of nitrogens with zero attached hydrogens (tertiary/aromatic N) is 1. The maximum Gasteiger partial charge on any atom is 0.323 e. The molecule has 1 N–H and O–H groups in total. The van der Waals surface area contributed by atoms with Crippen molar-refractivity contribution in [2.75, 3.05) is 20.2 Å². The zero-order valence-electron chi connectivity index (χ0n) is 12.2. The van der Waals surface area contributed by atoms with Crippen LogP contribution in [0.15, 0.2) is 30.3 Å². The predicted octanol–water partition coefficient (Wildman–Crippen LogP) is 1.47. The highest BCUT2D eigenvalue weighted by Crippen LogP contribution is 2.21. The van der Waals surface area contributed by atoms with Gasteiger partial charge in [-0.2, -0.15) is 0 Å². The minimum atomic E-state index is -0.428. The lowest BCUT2D eigenvalue weighted by Gasteiger charge is -2.25. The van der Waals surface area contributed by atoms with E-state index in [1.165, 1.54) is 12.7 Å². The number of hydrogen-bond acceptors (Lipinski definition) is 4. The van der Waals surface area contributed by atoms with Crippen LogP contribution in [0, 0.1) is 5.92 Å². The lowest BCUT2D eigenvalue weighted by molar-refractivity contribution is -0.146. The number of carbonyl (C=O) groups excluding carboxylic acids is 1. The summed E-state index contributed by atoms with van der Waals surface area (Å²) in [6, 6.07) is 10.0. The molecule has 1 aromatic rings. The fraction of sp³-hybridized carbons (Fsp3) is 0.562. The van der Waals surface area contributed by atoms with Crippen molar-refractivity contribution < 1.29 is 14.6 Å². The first-order chi connectivity index (χ1) is 9.60. The van der Waals surface area contributed by atoms with E-state index in [-0.39, 0.29) is 12.0 Å². The standard InChI is InChI=1S/C16H23NO3/c1-12(8-13-6-4-3-5-7-13)10-17-11-14(18)9-15(17)16(19)20-2/h3-7,12,14-15,18H,8-11H2,1-2H3. The summed E-state index contributed by atoms with van der Waals surface area (Å²) in [6.45, 7) is 3.52. The van der Waals surface area contributed by atoms with Crippen LogP contribution in [0.2, 0.25) is 0 Å². The third kappa shape index (κ3) is 3.81. The normalized spacial score (nSPS) is 24.6. The van der Waals surface area contributed by atoms with Gasteiger partial charge in [0.2, 0.25) is 0 Å². The van der Waals surface area contributed by atoms with Gasteiger partial charge in [-0.3, -0.25) is 9.69 Å². The topological polar surface area (TPSA) is 49.8 Å². The molecule has 2 rings (SSSR count). The maximum absolute atomic E-state index is 11.7. The molecule has 110 valence electrons. The number of esters is 1. The maximum atomic E-state index is 11.7. The van der Waals surface area contributed by atoms with Crippen molar-refractivity contribution in [3.63, 3.8) is 0 Å². The number of methoxy groups -OCH3 is 1. The molecule has 1 saturated heterocycles. The zero-order valence-corrected chi connectivity index (χ0v) is 12.2. The Labute approximate surface area is 120 Å². The summed E-state index contributed by atoms with van der Waals surface area (Å²) in [4.78, 5) is 13.8. The summed E-state index contributed by atoms with van der Waals surface area (Å²) in [6.07, 6.45) is 1.02. The van der Waals surface area contributed by atoms with Gasteiger partial charge in [0.25, 0.3) is 0 Å². The fourth-order valence-corrected chi connectivity index (χ4v) is 2.94. The van der Waals surface area contributed by atoms with Gasteiger partial charge < -0.3 is 9.84 Å². The summed E-state index contributed by atoms with van der Waals surface area (Å²) >= 11 is 0. The molecular formula is C16H23NO3. The van der Waals surface area contributed by atoms with Gasteiger partial charge in [-0.15, -0.1) is 0 Å². The molecule has 4 heteroatoms. The second-order valence-electron chi connectivity index (χ2n) is 5.68. The van der Waals surface area contributed by atoms with Crippen molar-refractivity contribution in [3.8, 4) is 0 Å². The van der Waals surface area contributed by atoms with E-state index >= 15 is 0 Å². The third-order valence-corrected chi connectivity index (χ3v) is 3.83. The number of hydrogen-bond donors (Lipinski definition) is 1. The number of likely N-dealkylation sites (tertiary alicyclic amines) is 1. The smallest absolute Gasteiger partial charge is 0.323 e. The number of aliphatic hydroxyl groups is 1. The minimum absolute atomic E-state index is 0.242. The van der Waals surface area contributed by atoms with Crippen LogP contribution in [0.25, 0.3) is 0 Å². The second kappa shape index (κ2) is 6.86. The highest BCUT2D eigenvalue weighted by Gasteiger charge is 2.37. The molecule has 1 aliphatic rings. The molecular weight excluding hydrogens is 254 g/mol. The first-order valence-electron chi connectivity index (χ1n) is 7.14. The van der Waals surface area contributed by atoms with Crippen LogP contribution >= 0.6 is 0 Å². The Balaban J connectivity index is 1.92.